The maximum atomic E-state index is 12.8. The first-order valence-corrected chi connectivity index (χ1v) is 9.17. The molecule has 0 unspecified atom stereocenters. The summed E-state index contributed by atoms with van der Waals surface area (Å²) in [6, 6.07) is 27.4. The van der Waals surface area contributed by atoms with E-state index in [-0.39, 0.29) is 6.09 Å². The number of fused-ring (bicyclic) bond motifs is 1. The van der Waals surface area contributed by atoms with Crippen LogP contribution in [0.15, 0.2) is 84.9 Å². The van der Waals surface area contributed by atoms with Gasteiger partial charge in [0.15, 0.2) is 12.3 Å². The second kappa shape index (κ2) is 6.81. The molecule has 1 amide bonds. The number of hydrogen-bond acceptors (Lipinski definition) is 4. The minimum atomic E-state index is -0.470. The summed E-state index contributed by atoms with van der Waals surface area (Å²) < 4.78 is 7.61. The molecule has 1 aliphatic heterocycles. The number of aromatic nitrogens is 3. The molecule has 138 valence electrons. The van der Waals surface area contributed by atoms with Crippen molar-refractivity contribution >= 4 is 17.1 Å². The van der Waals surface area contributed by atoms with Gasteiger partial charge in [-0.25, -0.2) is 9.48 Å². The van der Waals surface area contributed by atoms with Gasteiger partial charge in [-0.05, 0) is 23.3 Å². The van der Waals surface area contributed by atoms with Crippen LogP contribution in [0.4, 0.5) is 4.79 Å². The zero-order valence-electron chi connectivity index (χ0n) is 15.1. The van der Waals surface area contributed by atoms with E-state index in [1.807, 2.05) is 84.9 Å². The van der Waals surface area contributed by atoms with E-state index >= 15 is 0 Å². The van der Waals surface area contributed by atoms with Crippen LogP contribution in [0.2, 0.25) is 0 Å². The summed E-state index contributed by atoms with van der Waals surface area (Å²) in [5.41, 5.74) is 3.61. The highest BCUT2D eigenvalue weighted by molar-refractivity contribution is 5.75. The molecule has 2 heterocycles. The molecule has 0 saturated carbocycles. The third-order valence-corrected chi connectivity index (χ3v) is 5.00. The van der Waals surface area contributed by atoms with E-state index in [0.717, 1.165) is 22.2 Å². The van der Waals surface area contributed by atoms with Gasteiger partial charge >= 0.3 is 6.09 Å². The van der Waals surface area contributed by atoms with Crippen LogP contribution in [0.25, 0.3) is 11.0 Å². The first-order chi connectivity index (χ1) is 13.8. The zero-order valence-corrected chi connectivity index (χ0v) is 15.1. The first kappa shape index (κ1) is 16.5. The van der Waals surface area contributed by atoms with E-state index in [1.165, 1.54) is 0 Å². The summed E-state index contributed by atoms with van der Waals surface area (Å²) in [7, 11) is 0. The minimum absolute atomic E-state index is 0.359. The maximum Gasteiger partial charge on any atom is 0.412 e. The number of rotatable bonds is 4. The summed E-state index contributed by atoms with van der Waals surface area (Å²) in [5.74, 6) is 0. The van der Waals surface area contributed by atoms with Crippen LogP contribution in [0.3, 0.4) is 0 Å². The van der Waals surface area contributed by atoms with Gasteiger partial charge < -0.3 is 4.74 Å². The van der Waals surface area contributed by atoms with Gasteiger partial charge in [0.1, 0.15) is 5.52 Å². The van der Waals surface area contributed by atoms with E-state index in [0.29, 0.717) is 6.54 Å². The summed E-state index contributed by atoms with van der Waals surface area (Å²) in [6.07, 6.45) is -1.26. The Kier molecular flexibility index (Phi) is 4.01. The van der Waals surface area contributed by atoms with Crippen LogP contribution in [-0.2, 0) is 11.3 Å². The van der Waals surface area contributed by atoms with E-state index in [4.69, 9.17) is 4.74 Å². The standard InChI is InChI=1S/C22H18N4O2/c27-22-25(15-16-9-3-1-4-10-16)21(20(28-22)17-11-5-2-6-12-17)26-19-14-8-7-13-18(19)23-24-26/h1-14,20-21H,15H2/t20-,21-/m0/s1. The van der Waals surface area contributed by atoms with Crippen LogP contribution < -0.4 is 0 Å². The second-order valence-corrected chi connectivity index (χ2v) is 6.76. The zero-order chi connectivity index (χ0) is 18.9. The average molecular weight is 370 g/mol. The van der Waals surface area contributed by atoms with Crippen molar-refractivity contribution in [2.75, 3.05) is 0 Å². The van der Waals surface area contributed by atoms with E-state index in [2.05, 4.69) is 10.3 Å². The van der Waals surface area contributed by atoms with Crippen molar-refractivity contribution in [2.45, 2.75) is 18.8 Å². The molecule has 0 radical (unpaired) electrons. The monoisotopic (exact) mass is 370 g/mol. The van der Waals surface area contributed by atoms with Crippen molar-refractivity contribution in [1.29, 1.82) is 0 Å². The van der Waals surface area contributed by atoms with Crippen LogP contribution in [0, 0.1) is 0 Å². The van der Waals surface area contributed by atoms with Crippen molar-refractivity contribution < 1.29 is 9.53 Å². The topological polar surface area (TPSA) is 60.3 Å². The van der Waals surface area contributed by atoms with E-state index in [1.54, 1.807) is 9.58 Å². The fourth-order valence-electron chi connectivity index (χ4n) is 3.67. The molecule has 6 nitrogen and oxygen atoms in total. The Hall–Kier alpha value is -3.67. The quantitative estimate of drug-likeness (QED) is 0.537. The summed E-state index contributed by atoms with van der Waals surface area (Å²) in [5, 5.41) is 8.65. The molecule has 5 rings (SSSR count). The van der Waals surface area contributed by atoms with Crippen molar-refractivity contribution in [3.8, 4) is 0 Å². The molecule has 28 heavy (non-hydrogen) atoms. The van der Waals surface area contributed by atoms with Gasteiger partial charge in [0.2, 0.25) is 0 Å². The Balaban J connectivity index is 1.62. The molecule has 0 spiro atoms. The van der Waals surface area contributed by atoms with Gasteiger partial charge in [0.05, 0.1) is 12.1 Å². The number of cyclic esters (lactones) is 1. The van der Waals surface area contributed by atoms with E-state index in [9.17, 15) is 4.79 Å². The molecule has 4 aromatic rings. The van der Waals surface area contributed by atoms with Crippen LogP contribution in [0.5, 0.6) is 0 Å². The Bertz CT molecular complexity index is 1110. The molecular formula is C22H18N4O2. The number of carbonyl (C=O) groups is 1. The van der Waals surface area contributed by atoms with Crippen molar-refractivity contribution in [3.63, 3.8) is 0 Å². The molecule has 0 bridgehead atoms. The number of nitrogens with zero attached hydrogens (tertiary/aromatic N) is 4. The SMILES string of the molecule is O=C1O[C@@H](c2ccccc2)[C@H](n2nnc3ccccc32)N1Cc1ccccc1. The molecule has 1 saturated heterocycles. The molecular weight excluding hydrogens is 352 g/mol. The highest BCUT2D eigenvalue weighted by Crippen LogP contribution is 2.41. The predicted octanol–water partition coefficient (Wildman–Crippen LogP) is 4.32. The molecule has 0 aliphatic carbocycles. The normalized spacial score (nSPS) is 19.1. The molecule has 1 aromatic heterocycles. The largest absolute Gasteiger partial charge is 0.437 e. The van der Waals surface area contributed by atoms with Crippen molar-refractivity contribution in [1.82, 2.24) is 19.9 Å². The average Bonchev–Trinajstić information content (AvgIpc) is 3.31. The second-order valence-electron chi connectivity index (χ2n) is 6.76. The van der Waals surface area contributed by atoms with E-state index < -0.39 is 12.3 Å². The number of para-hydroxylation sites is 1. The Morgan fingerprint density at radius 1 is 0.857 bits per heavy atom. The predicted molar refractivity (Wildman–Crippen MR) is 104 cm³/mol. The van der Waals surface area contributed by atoms with Crippen LogP contribution >= 0.6 is 0 Å². The van der Waals surface area contributed by atoms with Gasteiger partial charge in [-0.3, -0.25) is 4.90 Å². The van der Waals surface area contributed by atoms with Gasteiger partial charge in [-0.1, -0.05) is 78.0 Å². The van der Waals surface area contributed by atoms with Crippen molar-refractivity contribution in [3.05, 3.63) is 96.1 Å². The summed E-state index contributed by atoms with van der Waals surface area (Å²) >= 11 is 0. The van der Waals surface area contributed by atoms with Gasteiger partial charge in [0.25, 0.3) is 0 Å². The lowest BCUT2D eigenvalue weighted by atomic mass is 10.1. The lowest BCUT2D eigenvalue weighted by Crippen LogP contribution is -2.32. The molecule has 3 aromatic carbocycles. The molecule has 2 atom stereocenters. The lowest BCUT2D eigenvalue weighted by molar-refractivity contribution is 0.119. The number of ether oxygens (including phenoxy) is 1. The van der Waals surface area contributed by atoms with Gasteiger partial charge in [0, 0.05) is 0 Å². The smallest absolute Gasteiger partial charge is 0.412 e. The fraction of sp³-hybridized carbons (Fsp3) is 0.136. The summed E-state index contributed by atoms with van der Waals surface area (Å²) in [6.45, 7) is 0.432. The molecule has 1 fully saturated rings. The number of benzene rings is 3. The van der Waals surface area contributed by atoms with Gasteiger partial charge in [-0.15, -0.1) is 5.10 Å². The Morgan fingerprint density at radius 2 is 1.54 bits per heavy atom. The van der Waals surface area contributed by atoms with Gasteiger partial charge in [-0.2, -0.15) is 0 Å². The van der Waals surface area contributed by atoms with Crippen LogP contribution in [-0.4, -0.2) is 26.0 Å². The molecule has 0 N–H and O–H groups in total. The molecule has 6 heteroatoms. The summed E-state index contributed by atoms with van der Waals surface area (Å²) in [4.78, 5) is 14.6. The maximum absolute atomic E-state index is 12.8. The lowest BCUT2D eigenvalue weighted by Gasteiger charge is -2.25. The highest BCUT2D eigenvalue weighted by Gasteiger charge is 2.45. The first-order valence-electron chi connectivity index (χ1n) is 9.17. The minimum Gasteiger partial charge on any atom is -0.437 e. The third kappa shape index (κ3) is 2.79. The highest BCUT2D eigenvalue weighted by atomic mass is 16.6. The van der Waals surface area contributed by atoms with Crippen molar-refractivity contribution in [2.24, 2.45) is 0 Å². The number of amides is 1. The fourth-order valence-corrected chi connectivity index (χ4v) is 3.67. The van der Waals surface area contributed by atoms with Crippen LogP contribution in [0.1, 0.15) is 23.4 Å². The number of carbonyl (C=O) groups excluding carboxylic acids is 1. The third-order valence-electron chi connectivity index (χ3n) is 5.00. The Morgan fingerprint density at radius 3 is 2.32 bits per heavy atom. The Labute approximate surface area is 162 Å². The number of hydrogen-bond donors (Lipinski definition) is 0. The molecule has 1 aliphatic rings.